The average molecular weight is 355 g/mol. The van der Waals surface area contributed by atoms with E-state index in [9.17, 15) is 9.59 Å². The number of hydrogen-bond acceptors (Lipinski definition) is 4. The fourth-order valence-electron chi connectivity index (χ4n) is 2.48. The Morgan fingerprint density at radius 3 is 2.81 bits per heavy atom. The van der Waals surface area contributed by atoms with Gasteiger partial charge in [-0.05, 0) is 24.5 Å². The van der Waals surface area contributed by atoms with Gasteiger partial charge < -0.3 is 10.1 Å². The van der Waals surface area contributed by atoms with Crippen LogP contribution in [0.25, 0.3) is 0 Å². The highest BCUT2D eigenvalue weighted by atomic mass is 79.9. The van der Waals surface area contributed by atoms with Gasteiger partial charge >= 0.3 is 5.97 Å². The molecule has 6 heteroatoms. The van der Waals surface area contributed by atoms with Gasteiger partial charge in [0.05, 0.1) is 7.11 Å². The van der Waals surface area contributed by atoms with E-state index in [0.717, 1.165) is 15.7 Å². The number of anilines is 1. The van der Waals surface area contributed by atoms with Gasteiger partial charge in [0.2, 0.25) is 5.91 Å². The Bertz CT molecular complexity index is 560. The minimum Gasteiger partial charge on any atom is -0.468 e. The largest absolute Gasteiger partial charge is 0.468 e. The van der Waals surface area contributed by atoms with Crippen LogP contribution in [0.1, 0.15) is 31.9 Å². The highest BCUT2D eigenvalue weighted by Crippen LogP contribution is 2.36. The number of esters is 1. The van der Waals surface area contributed by atoms with Gasteiger partial charge in [-0.1, -0.05) is 35.8 Å². The summed E-state index contributed by atoms with van der Waals surface area (Å²) in [7, 11) is 1.36. The van der Waals surface area contributed by atoms with Crippen molar-refractivity contribution < 1.29 is 14.3 Å². The molecule has 0 bridgehead atoms. The fourth-order valence-corrected chi connectivity index (χ4v) is 3.08. The minimum atomic E-state index is -0.557. The van der Waals surface area contributed by atoms with E-state index in [0.29, 0.717) is 12.3 Å². The van der Waals surface area contributed by atoms with E-state index < -0.39 is 12.1 Å². The second kappa shape index (κ2) is 6.58. The lowest BCUT2D eigenvalue weighted by Gasteiger charge is -2.22. The molecule has 0 saturated heterocycles. The van der Waals surface area contributed by atoms with Crippen LogP contribution in [0.3, 0.4) is 0 Å². The average Bonchev–Trinajstić information content (AvgIpc) is 2.74. The van der Waals surface area contributed by atoms with Crippen molar-refractivity contribution in [2.45, 2.75) is 32.4 Å². The Kier molecular flexibility index (Phi) is 5.00. The fraction of sp³-hybridized carbons (Fsp3) is 0.467. The second-order valence-electron chi connectivity index (χ2n) is 5.50. The lowest BCUT2D eigenvalue weighted by molar-refractivity contribution is -0.144. The van der Waals surface area contributed by atoms with Gasteiger partial charge in [0.15, 0.2) is 0 Å². The summed E-state index contributed by atoms with van der Waals surface area (Å²) < 4.78 is 5.67. The van der Waals surface area contributed by atoms with Crippen LogP contribution in [-0.2, 0) is 14.3 Å². The van der Waals surface area contributed by atoms with Gasteiger partial charge in [0.1, 0.15) is 12.1 Å². The Hall–Kier alpha value is -1.40. The quantitative estimate of drug-likeness (QED) is 0.797. The van der Waals surface area contributed by atoms with Crippen molar-refractivity contribution in [3.05, 3.63) is 28.2 Å². The standard InChI is InChI=1S/C15H19BrN2O3/c1-8(2)7-11(15(20)21-3)17-13-12-9(16)5-4-6-10(12)18-14(13)19/h4-6,8,11,13,17H,7H2,1-3H3,(H,18,19). The number of rotatable bonds is 5. The number of fused-ring (bicyclic) bond motifs is 1. The summed E-state index contributed by atoms with van der Waals surface area (Å²) in [6, 6.07) is 4.51. The monoisotopic (exact) mass is 354 g/mol. The van der Waals surface area contributed by atoms with Gasteiger partial charge in [-0.2, -0.15) is 0 Å². The van der Waals surface area contributed by atoms with E-state index in [1.807, 2.05) is 32.0 Å². The summed E-state index contributed by atoms with van der Waals surface area (Å²) in [4.78, 5) is 24.1. The number of benzene rings is 1. The number of hydrogen-bond donors (Lipinski definition) is 2. The van der Waals surface area contributed by atoms with Gasteiger partial charge in [-0.25, -0.2) is 0 Å². The summed E-state index contributed by atoms with van der Waals surface area (Å²) in [5, 5.41) is 5.95. The third-order valence-corrected chi connectivity index (χ3v) is 4.11. The van der Waals surface area contributed by atoms with Crippen LogP contribution in [0.5, 0.6) is 0 Å². The van der Waals surface area contributed by atoms with Gasteiger partial charge in [-0.3, -0.25) is 14.9 Å². The molecule has 1 aliphatic heterocycles. The molecule has 1 aliphatic rings. The molecule has 2 rings (SSSR count). The van der Waals surface area contributed by atoms with Crippen LogP contribution in [0.15, 0.2) is 22.7 Å². The maximum atomic E-state index is 12.2. The molecule has 5 nitrogen and oxygen atoms in total. The summed E-state index contributed by atoms with van der Waals surface area (Å²) in [5.74, 6) is -0.198. The highest BCUT2D eigenvalue weighted by molar-refractivity contribution is 9.10. The van der Waals surface area contributed by atoms with Crippen LogP contribution in [0, 0.1) is 5.92 Å². The maximum Gasteiger partial charge on any atom is 0.322 e. The van der Waals surface area contributed by atoms with Crippen LogP contribution >= 0.6 is 15.9 Å². The molecule has 1 aromatic rings. The number of nitrogens with one attached hydrogen (secondary N) is 2. The smallest absolute Gasteiger partial charge is 0.322 e. The number of ether oxygens (including phenoxy) is 1. The Morgan fingerprint density at radius 2 is 2.19 bits per heavy atom. The molecule has 21 heavy (non-hydrogen) atoms. The zero-order valence-electron chi connectivity index (χ0n) is 12.3. The van der Waals surface area contributed by atoms with Crippen molar-refractivity contribution in [1.82, 2.24) is 5.32 Å². The van der Waals surface area contributed by atoms with Crippen molar-refractivity contribution in [2.24, 2.45) is 5.92 Å². The first-order valence-electron chi connectivity index (χ1n) is 6.87. The molecule has 2 atom stereocenters. The zero-order valence-corrected chi connectivity index (χ0v) is 13.9. The van der Waals surface area contributed by atoms with Crippen LogP contribution < -0.4 is 10.6 Å². The lowest BCUT2D eigenvalue weighted by atomic mass is 10.0. The van der Waals surface area contributed by atoms with E-state index >= 15 is 0 Å². The van der Waals surface area contributed by atoms with Gasteiger partial charge in [0, 0.05) is 15.7 Å². The molecule has 114 valence electrons. The molecule has 1 aromatic carbocycles. The third-order valence-electron chi connectivity index (χ3n) is 3.42. The molecule has 0 saturated carbocycles. The third kappa shape index (κ3) is 3.44. The highest BCUT2D eigenvalue weighted by Gasteiger charge is 2.35. The van der Waals surface area contributed by atoms with E-state index in [2.05, 4.69) is 26.6 Å². The summed E-state index contributed by atoms with van der Waals surface area (Å²) in [6.07, 6.45) is 0.607. The first-order chi connectivity index (χ1) is 9.93. The SMILES string of the molecule is COC(=O)C(CC(C)C)NC1C(=O)Nc2cccc(Br)c21. The van der Waals surface area contributed by atoms with Crippen molar-refractivity contribution in [3.63, 3.8) is 0 Å². The van der Waals surface area contributed by atoms with Crippen LogP contribution in [-0.4, -0.2) is 25.0 Å². The normalized spacial score (nSPS) is 18.3. The van der Waals surface area contributed by atoms with Crippen molar-refractivity contribution in [2.75, 3.05) is 12.4 Å². The summed E-state index contributed by atoms with van der Waals surface area (Å²) in [5.41, 5.74) is 1.60. The van der Waals surface area contributed by atoms with Crippen molar-refractivity contribution in [1.29, 1.82) is 0 Å². The predicted molar refractivity (Wildman–Crippen MR) is 83.9 cm³/mol. The Labute approximate surface area is 132 Å². The molecule has 0 aliphatic carbocycles. The van der Waals surface area contributed by atoms with Gasteiger partial charge in [-0.15, -0.1) is 0 Å². The first-order valence-corrected chi connectivity index (χ1v) is 7.66. The van der Waals surface area contributed by atoms with Crippen molar-refractivity contribution in [3.8, 4) is 0 Å². The van der Waals surface area contributed by atoms with E-state index in [1.54, 1.807) is 0 Å². The number of methoxy groups -OCH3 is 1. The van der Waals surface area contributed by atoms with E-state index in [1.165, 1.54) is 7.11 Å². The molecule has 1 amide bonds. The molecule has 1 heterocycles. The topological polar surface area (TPSA) is 67.4 Å². The predicted octanol–water partition coefficient (Wildman–Crippen LogP) is 2.62. The van der Waals surface area contributed by atoms with Crippen molar-refractivity contribution >= 4 is 33.5 Å². The first kappa shape index (κ1) is 16.0. The number of carbonyl (C=O) groups excluding carboxylic acids is 2. The number of halogens is 1. The molecule has 0 radical (unpaired) electrons. The molecular weight excluding hydrogens is 336 g/mol. The molecule has 2 N–H and O–H groups in total. The van der Waals surface area contributed by atoms with E-state index in [4.69, 9.17) is 4.74 Å². The van der Waals surface area contributed by atoms with Crippen LogP contribution in [0.4, 0.5) is 5.69 Å². The number of amides is 1. The number of carbonyl (C=O) groups is 2. The molecular formula is C15H19BrN2O3. The van der Waals surface area contributed by atoms with Gasteiger partial charge in [0.25, 0.3) is 0 Å². The molecule has 0 fully saturated rings. The Morgan fingerprint density at radius 1 is 1.48 bits per heavy atom. The second-order valence-corrected chi connectivity index (χ2v) is 6.35. The summed E-state index contributed by atoms with van der Waals surface area (Å²) in [6.45, 7) is 4.05. The molecule has 0 aromatic heterocycles. The minimum absolute atomic E-state index is 0.158. The maximum absolute atomic E-state index is 12.2. The lowest BCUT2D eigenvalue weighted by Crippen LogP contribution is -2.43. The molecule has 2 unspecified atom stereocenters. The summed E-state index contributed by atoms with van der Waals surface area (Å²) >= 11 is 3.46. The van der Waals surface area contributed by atoms with Crippen LogP contribution in [0.2, 0.25) is 0 Å². The zero-order chi connectivity index (χ0) is 15.6. The molecule has 0 spiro atoms. The van der Waals surface area contributed by atoms with E-state index in [-0.39, 0.29) is 11.9 Å². The Balaban J connectivity index is 2.25.